The molecule has 4 nitrogen and oxygen atoms in total. The molecule has 0 aromatic rings. The number of halogens is 3. The van der Waals surface area contributed by atoms with Crippen molar-refractivity contribution < 1.29 is 32.9 Å². The number of hydrogen-bond donors (Lipinski definition) is 2. The normalized spacial score (nSPS) is 59.6. The molecule has 2 bridgehead atoms. The number of alkyl halides is 3. The first-order chi connectivity index (χ1) is 7.21. The molecule has 3 aliphatic rings. The molecule has 16 heavy (non-hydrogen) atoms. The van der Waals surface area contributed by atoms with Crippen LogP contribution < -0.4 is 0 Å². The molecule has 7 heteroatoms. The van der Waals surface area contributed by atoms with E-state index in [1.807, 2.05) is 0 Å². The highest BCUT2D eigenvalue weighted by Crippen LogP contribution is 2.66. The molecule has 0 radical (unpaired) electrons. The van der Waals surface area contributed by atoms with Crippen molar-refractivity contribution in [1.82, 2.24) is 0 Å². The fourth-order valence-electron chi connectivity index (χ4n) is 3.23. The largest absolute Gasteiger partial charge is 0.402 e. The molecule has 3 aliphatic heterocycles. The van der Waals surface area contributed by atoms with E-state index in [2.05, 4.69) is 0 Å². The smallest absolute Gasteiger partial charge is 0.388 e. The summed E-state index contributed by atoms with van der Waals surface area (Å²) in [6, 6.07) is 0. The van der Waals surface area contributed by atoms with Gasteiger partial charge in [-0.3, -0.25) is 0 Å². The average Bonchev–Trinajstić information content (AvgIpc) is 2.66. The highest BCUT2D eigenvalue weighted by atomic mass is 19.4. The third kappa shape index (κ3) is 0.883. The second-order valence-corrected chi connectivity index (χ2v) is 4.82. The summed E-state index contributed by atoms with van der Waals surface area (Å²) in [4.78, 5) is 0. The van der Waals surface area contributed by atoms with Crippen LogP contribution in [0.25, 0.3) is 0 Å². The molecular weight excluding hydrogens is 229 g/mol. The van der Waals surface area contributed by atoms with E-state index in [4.69, 9.17) is 9.47 Å². The third-order valence-electron chi connectivity index (χ3n) is 4.05. The molecule has 2 N–H and O–H groups in total. The Balaban J connectivity index is 2.13. The van der Waals surface area contributed by atoms with Crippen molar-refractivity contribution in [3.63, 3.8) is 0 Å². The minimum Gasteiger partial charge on any atom is -0.388 e. The zero-order valence-corrected chi connectivity index (χ0v) is 8.36. The lowest BCUT2D eigenvalue weighted by Gasteiger charge is -2.38. The molecule has 0 aromatic carbocycles. The van der Waals surface area contributed by atoms with Crippen LogP contribution in [-0.4, -0.2) is 46.6 Å². The maximum atomic E-state index is 13.1. The summed E-state index contributed by atoms with van der Waals surface area (Å²) < 4.78 is 49.4. The van der Waals surface area contributed by atoms with Crippen molar-refractivity contribution in [3.8, 4) is 0 Å². The van der Waals surface area contributed by atoms with E-state index in [1.54, 1.807) is 0 Å². The van der Waals surface area contributed by atoms with Gasteiger partial charge in [0.1, 0.15) is 18.3 Å². The van der Waals surface area contributed by atoms with Gasteiger partial charge in [0.2, 0.25) is 0 Å². The standard InChI is InChI=1S/C9H11F3O4/c1-7(14)8(9(10,11)12)2-3-4(13)5(16-7)6(8)15-3/h3-6,13-14H,2H2,1H3. The number of hydrogen-bond acceptors (Lipinski definition) is 4. The molecule has 92 valence electrons. The van der Waals surface area contributed by atoms with Gasteiger partial charge in [-0.05, 0) is 13.3 Å². The van der Waals surface area contributed by atoms with Crippen molar-refractivity contribution in [2.75, 3.05) is 0 Å². The van der Waals surface area contributed by atoms with E-state index in [-0.39, 0.29) is 0 Å². The minimum atomic E-state index is -4.62. The maximum Gasteiger partial charge on any atom is 0.402 e. The first-order valence-corrected chi connectivity index (χ1v) is 5.01. The molecule has 0 saturated carbocycles. The van der Waals surface area contributed by atoms with Gasteiger partial charge in [0.25, 0.3) is 0 Å². The lowest BCUT2D eigenvalue weighted by atomic mass is 9.69. The average molecular weight is 240 g/mol. The summed E-state index contributed by atoms with van der Waals surface area (Å²) in [6.45, 7) is 0.983. The van der Waals surface area contributed by atoms with Gasteiger partial charge in [-0.25, -0.2) is 0 Å². The van der Waals surface area contributed by atoms with Crippen LogP contribution in [0, 0.1) is 5.41 Å². The predicted octanol–water partition coefficient (Wildman–Crippen LogP) is 0.174. The lowest BCUT2D eigenvalue weighted by molar-refractivity contribution is -0.322. The Hall–Kier alpha value is -0.370. The minimum absolute atomic E-state index is 0.453. The first-order valence-electron chi connectivity index (χ1n) is 5.01. The van der Waals surface area contributed by atoms with Crippen LogP contribution in [0.3, 0.4) is 0 Å². The summed E-state index contributed by atoms with van der Waals surface area (Å²) in [5.74, 6) is -2.34. The molecule has 3 heterocycles. The van der Waals surface area contributed by atoms with Crippen LogP contribution in [0.2, 0.25) is 0 Å². The second-order valence-electron chi connectivity index (χ2n) is 4.82. The molecule has 0 spiro atoms. The Morgan fingerprint density at radius 3 is 2.50 bits per heavy atom. The monoisotopic (exact) mass is 240 g/mol. The van der Waals surface area contributed by atoms with Gasteiger partial charge < -0.3 is 19.7 Å². The summed E-state index contributed by atoms with van der Waals surface area (Å²) in [5.41, 5.74) is -2.41. The Morgan fingerprint density at radius 1 is 1.38 bits per heavy atom. The van der Waals surface area contributed by atoms with Crippen LogP contribution in [0.15, 0.2) is 0 Å². The van der Waals surface area contributed by atoms with Crippen molar-refractivity contribution >= 4 is 0 Å². The molecule has 6 unspecified atom stereocenters. The van der Waals surface area contributed by atoms with Crippen molar-refractivity contribution in [2.45, 2.75) is 49.7 Å². The summed E-state index contributed by atoms with van der Waals surface area (Å²) >= 11 is 0. The SMILES string of the molecule is CC1(O)OC2C(O)C3CC1(C(F)(F)F)C2O3. The molecule has 6 atom stereocenters. The summed E-state index contributed by atoms with van der Waals surface area (Å²) in [7, 11) is 0. The molecule has 3 rings (SSSR count). The van der Waals surface area contributed by atoms with Crippen molar-refractivity contribution in [1.29, 1.82) is 0 Å². The molecular formula is C9H11F3O4. The van der Waals surface area contributed by atoms with Crippen LogP contribution in [-0.2, 0) is 9.47 Å². The highest BCUT2D eigenvalue weighted by Gasteiger charge is 2.83. The zero-order valence-electron chi connectivity index (χ0n) is 8.36. The Kier molecular flexibility index (Phi) is 1.72. The Bertz CT molecular complexity index is 342. The number of rotatable bonds is 0. The van der Waals surface area contributed by atoms with E-state index in [1.165, 1.54) is 0 Å². The Morgan fingerprint density at radius 2 is 2.00 bits per heavy atom. The van der Waals surface area contributed by atoms with Crippen molar-refractivity contribution in [2.24, 2.45) is 5.41 Å². The Labute approximate surface area is 89.0 Å². The second kappa shape index (κ2) is 2.55. The van der Waals surface area contributed by atoms with Gasteiger partial charge in [0.05, 0.1) is 6.10 Å². The van der Waals surface area contributed by atoms with Crippen molar-refractivity contribution in [3.05, 3.63) is 0 Å². The van der Waals surface area contributed by atoms with E-state index in [0.717, 1.165) is 6.92 Å². The fraction of sp³-hybridized carbons (Fsp3) is 1.00. The van der Waals surface area contributed by atoms with Crippen LogP contribution in [0.4, 0.5) is 13.2 Å². The topological polar surface area (TPSA) is 58.9 Å². The summed E-state index contributed by atoms with van der Waals surface area (Å²) in [6.07, 6.45) is -9.45. The van der Waals surface area contributed by atoms with Gasteiger partial charge in [-0.1, -0.05) is 0 Å². The van der Waals surface area contributed by atoms with Gasteiger partial charge in [0, 0.05) is 0 Å². The molecule has 3 fully saturated rings. The van der Waals surface area contributed by atoms with Gasteiger partial charge in [-0.2, -0.15) is 13.2 Å². The predicted molar refractivity (Wildman–Crippen MR) is 43.3 cm³/mol. The third-order valence-corrected chi connectivity index (χ3v) is 4.05. The quantitative estimate of drug-likeness (QED) is 0.634. The van der Waals surface area contributed by atoms with Crippen LogP contribution in [0.1, 0.15) is 13.3 Å². The van der Waals surface area contributed by atoms with Crippen LogP contribution in [0.5, 0.6) is 0 Å². The zero-order chi connectivity index (χ0) is 11.9. The van der Waals surface area contributed by atoms with E-state index in [0.29, 0.717) is 0 Å². The van der Waals surface area contributed by atoms with Gasteiger partial charge in [0.15, 0.2) is 11.2 Å². The van der Waals surface area contributed by atoms with Gasteiger partial charge in [-0.15, -0.1) is 0 Å². The van der Waals surface area contributed by atoms with Crippen LogP contribution >= 0.6 is 0 Å². The summed E-state index contributed by atoms with van der Waals surface area (Å²) in [5, 5.41) is 19.4. The van der Waals surface area contributed by atoms with E-state index in [9.17, 15) is 23.4 Å². The highest BCUT2D eigenvalue weighted by molar-refractivity contribution is 5.21. The number of ether oxygens (including phenoxy) is 2. The fourth-order valence-corrected chi connectivity index (χ4v) is 3.23. The van der Waals surface area contributed by atoms with E-state index < -0.39 is 48.2 Å². The molecule has 0 aromatic heterocycles. The molecule has 3 saturated heterocycles. The number of aliphatic hydroxyl groups is 2. The first kappa shape index (κ1) is 10.8. The van der Waals surface area contributed by atoms with Gasteiger partial charge >= 0.3 is 6.18 Å². The molecule has 0 aliphatic carbocycles. The maximum absolute atomic E-state index is 13.1. The number of fused-ring (bicyclic) bond motifs is 1. The lowest BCUT2D eigenvalue weighted by Crippen LogP contribution is -2.57. The van der Waals surface area contributed by atoms with E-state index >= 15 is 0 Å². The molecule has 0 amide bonds. The number of aliphatic hydroxyl groups excluding tert-OH is 1.